The van der Waals surface area contributed by atoms with E-state index in [0.29, 0.717) is 13.0 Å². The van der Waals surface area contributed by atoms with Crippen molar-refractivity contribution in [1.82, 2.24) is 4.90 Å². The fraction of sp³-hybridized carbons (Fsp3) is 0.636. The molecule has 168 valence electrons. The minimum Gasteiger partial charge on any atom is -0.467 e. The second-order valence-electron chi connectivity index (χ2n) is 9.65. The van der Waals surface area contributed by atoms with Crippen LogP contribution >= 0.6 is 0 Å². The van der Waals surface area contributed by atoms with Crippen LogP contribution < -0.4 is 0 Å². The minimum absolute atomic E-state index is 0.000626. The van der Waals surface area contributed by atoms with Gasteiger partial charge in [0.1, 0.15) is 5.60 Å². The monoisotopic (exact) mass is 437 g/mol. The molecule has 30 heavy (non-hydrogen) atoms. The number of ether oxygens (including phenoxy) is 3. The second-order valence-corrected chi connectivity index (χ2v) is 14.1. The number of hydrogen-bond donors (Lipinski definition) is 0. The van der Waals surface area contributed by atoms with Gasteiger partial charge in [0, 0.05) is 6.42 Å². The van der Waals surface area contributed by atoms with Gasteiger partial charge in [-0.15, -0.1) is 0 Å². The van der Waals surface area contributed by atoms with Gasteiger partial charge in [-0.1, -0.05) is 30.3 Å². The molecule has 2 unspecified atom stereocenters. The average molecular weight is 438 g/mol. The number of carbonyl (C=O) groups is 2. The van der Waals surface area contributed by atoms with Gasteiger partial charge in [0.2, 0.25) is 0 Å². The Morgan fingerprint density at radius 3 is 2.33 bits per heavy atom. The summed E-state index contributed by atoms with van der Waals surface area (Å²) in [5.41, 5.74) is -1.01. The lowest BCUT2D eigenvalue weighted by atomic mass is 9.96. The number of carbonyl (C=O) groups excluding carboxylic acids is 2. The quantitative estimate of drug-likeness (QED) is 0.475. The molecule has 2 atom stereocenters. The zero-order valence-corrected chi connectivity index (χ0v) is 20.2. The summed E-state index contributed by atoms with van der Waals surface area (Å²) in [5, 5.41) is 0. The number of amides is 1. The van der Waals surface area contributed by atoms with Crippen LogP contribution in [0.2, 0.25) is 19.6 Å². The zero-order chi connectivity index (χ0) is 22.6. The van der Waals surface area contributed by atoms with E-state index in [0.717, 1.165) is 5.56 Å². The highest BCUT2D eigenvalue weighted by Crippen LogP contribution is 2.35. The van der Waals surface area contributed by atoms with Crippen LogP contribution in [0.1, 0.15) is 32.8 Å². The molecule has 1 heterocycles. The summed E-state index contributed by atoms with van der Waals surface area (Å²) in [6.45, 7) is 12.2. The summed E-state index contributed by atoms with van der Waals surface area (Å²) >= 11 is 0. The van der Waals surface area contributed by atoms with Crippen LogP contribution in [-0.4, -0.2) is 62.8 Å². The van der Waals surface area contributed by atoms with Crippen molar-refractivity contribution in [2.45, 2.75) is 70.7 Å². The number of esters is 1. The maximum absolute atomic E-state index is 13.0. The first-order valence-corrected chi connectivity index (χ1v) is 13.7. The Morgan fingerprint density at radius 2 is 1.80 bits per heavy atom. The van der Waals surface area contributed by atoms with Gasteiger partial charge in [-0.25, -0.2) is 9.59 Å². The highest BCUT2D eigenvalue weighted by Gasteiger charge is 2.56. The van der Waals surface area contributed by atoms with Gasteiger partial charge < -0.3 is 18.6 Å². The van der Waals surface area contributed by atoms with Gasteiger partial charge in [0.05, 0.1) is 33.0 Å². The lowest BCUT2D eigenvalue weighted by Crippen LogP contribution is -2.57. The molecule has 0 spiro atoms. The molecule has 1 aliphatic heterocycles. The molecule has 1 aromatic carbocycles. The molecule has 0 saturated carbocycles. The summed E-state index contributed by atoms with van der Waals surface area (Å²) in [5.74, 6) is -0.525. The molecule has 0 N–H and O–H groups in total. The largest absolute Gasteiger partial charge is 0.467 e. The molecule has 0 radical (unpaired) electrons. The first-order chi connectivity index (χ1) is 13.9. The molecule has 0 aromatic heterocycles. The standard InChI is InChI=1S/C22H35NO6Si/c1-21(2,3)28-20(25)23-14-18(29-30(5,6)7)13-22(23,19(24)26-4)16-27-15-17-11-9-8-10-12-17/h8-12,18H,13-16H2,1-7H3. The van der Waals surface area contributed by atoms with Crippen LogP contribution in [0.4, 0.5) is 4.79 Å². The minimum atomic E-state index is -1.90. The van der Waals surface area contributed by atoms with Gasteiger partial charge in [0.15, 0.2) is 13.9 Å². The summed E-state index contributed by atoms with van der Waals surface area (Å²) in [6.07, 6.45) is -0.556. The van der Waals surface area contributed by atoms with E-state index in [1.165, 1.54) is 12.0 Å². The number of hydrogen-bond acceptors (Lipinski definition) is 6. The van der Waals surface area contributed by atoms with E-state index >= 15 is 0 Å². The lowest BCUT2D eigenvalue weighted by Gasteiger charge is -2.36. The predicted octanol–water partition coefficient (Wildman–Crippen LogP) is 3.98. The molecule has 1 aliphatic rings. The Hall–Kier alpha value is -1.90. The number of benzene rings is 1. The van der Waals surface area contributed by atoms with Crippen LogP contribution in [0.25, 0.3) is 0 Å². The molecule has 1 aromatic rings. The van der Waals surface area contributed by atoms with Crippen LogP contribution in [0, 0.1) is 0 Å². The van der Waals surface area contributed by atoms with Crippen LogP contribution in [0.15, 0.2) is 30.3 Å². The second kappa shape index (κ2) is 9.49. The van der Waals surface area contributed by atoms with E-state index in [9.17, 15) is 9.59 Å². The molecule has 7 nitrogen and oxygen atoms in total. The third-order valence-corrected chi connectivity index (χ3v) is 5.66. The number of nitrogens with zero attached hydrogens (tertiary/aromatic N) is 1. The first-order valence-electron chi connectivity index (χ1n) is 10.2. The Morgan fingerprint density at radius 1 is 1.17 bits per heavy atom. The summed E-state index contributed by atoms with van der Waals surface area (Å²) in [6, 6.07) is 9.67. The van der Waals surface area contributed by atoms with Gasteiger partial charge in [-0.2, -0.15) is 0 Å². The maximum atomic E-state index is 13.0. The van der Waals surface area contributed by atoms with Gasteiger partial charge >= 0.3 is 12.1 Å². The van der Waals surface area contributed by atoms with Gasteiger partial charge in [0.25, 0.3) is 0 Å². The van der Waals surface area contributed by atoms with E-state index < -0.39 is 31.5 Å². The van der Waals surface area contributed by atoms with Crippen molar-refractivity contribution in [3.8, 4) is 0 Å². The zero-order valence-electron chi connectivity index (χ0n) is 19.2. The molecular formula is C22H35NO6Si. The van der Waals surface area contributed by atoms with Crippen molar-refractivity contribution < 1.29 is 28.2 Å². The molecule has 1 amide bonds. The van der Waals surface area contributed by atoms with Gasteiger partial charge in [-0.3, -0.25) is 4.90 Å². The highest BCUT2D eigenvalue weighted by atomic mass is 28.4. The van der Waals surface area contributed by atoms with E-state index in [-0.39, 0.29) is 19.3 Å². The molecule has 0 aliphatic carbocycles. The van der Waals surface area contributed by atoms with Crippen molar-refractivity contribution >= 4 is 20.4 Å². The van der Waals surface area contributed by atoms with Crippen molar-refractivity contribution in [3.05, 3.63) is 35.9 Å². The fourth-order valence-electron chi connectivity index (χ4n) is 3.57. The smallest absolute Gasteiger partial charge is 0.411 e. The number of rotatable bonds is 7. The highest BCUT2D eigenvalue weighted by molar-refractivity contribution is 6.69. The van der Waals surface area contributed by atoms with Crippen molar-refractivity contribution in [3.63, 3.8) is 0 Å². The summed E-state index contributed by atoms with van der Waals surface area (Å²) < 4.78 is 22.9. The number of methoxy groups -OCH3 is 1. The third kappa shape index (κ3) is 6.55. The molecule has 0 bridgehead atoms. The number of likely N-dealkylation sites (tertiary alicyclic amines) is 1. The van der Waals surface area contributed by atoms with Crippen molar-refractivity contribution in [2.24, 2.45) is 0 Å². The Labute approximate surface area is 180 Å². The fourth-order valence-corrected chi connectivity index (χ4v) is 4.72. The third-order valence-electron chi connectivity index (χ3n) is 4.62. The van der Waals surface area contributed by atoms with Crippen LogP contribution in [0.3, 0.4) is 0 Å². The van der Waals surface area contributed by atoms with E-state index in [4.69, 9.17) is 18.6 Å². The Balaban J connectivity index is 2.29. The first kappa shape index (κ1) is 24.4. The van der Waals surface area contributed by atoms with Gasteiger partial charge in [-0.05, 0) is 46.0 Å². The summed E-state index contributed by atoms with van der Waals surface area (Å²) in [7, 11) is -0.576. The lowest BCUT2D eigenvalue weighted by molar-refractivity contribution is -0.157. The normalized spacial score (nSPS) is 22.1. The van der Waals surface area contributed by atoms with Crippen molar-refractivity contribution in [1.29, 1.82) is 0 Å². The molecule has 1 saturated heterocycles. The predicted molar refractivity (Wildman–Crippen MR) is 117 cm³/mol. The molecular weight excluding hydrogens is 402 g/mol. The Kier molecular flexibility index (Phi) is 7.71. The molecule has 1 fully saturated rings. The van der Waals surface area contributed by atoms with E-state index in [1.54, 1.807) is 20.8 Å². The van der Waals surface area contributed by atoms with Crippen LogP contribution in [0.5, 0.6) is 0 Å². The summed E-state index contributed by atoms with van der Waals surface area (Å²) in [4.78, 5) is 27.4. The van der Waals surface area contributed by atoms with Crippen molar-refractivity contribution in [2.75, 3.05) is 20.3 Å². The topological polar surface area (TPSA) is 74.3 Å². The van der Waals surface area contributed by atoms with Crippen LogP contribution in [-0.2, 0) is 30.0 Å². The molecule has 2 rings (SSSR count). The average Bonchev–Trinajstić information content (AvgIpc) is 2.98. The van der Waals surface area contributed by atoms with E-state index in [1.807, 2.05) is 30.3 Å². The SMILES string of the molecule is COC(=O)C1(COCc2ccccc2)CC(O[Si](C)(C)C)CN1C(=O)OC(C)(C)C. The maximum Gasteiger partial charge on any atom is 0.411 e. The Bertz CT molecular complexity index is 727. The molecule has 8 heteroatoms. The van der Waals surface area contributed by atoms with E-state index in [2.05, 4.69) is 19.6 Å².